The quantitative estimate of drug-likeness (QED) is 0.777. The Kier molecular flexibility index (Phi) is 5.20. The van der Waals surface area contributed by atoms with Gasteiger partial charge in [-0.3, -0.25) is 0 Å². The first-order chi connectivity index (χ1) is 8.88. The van der Waals surface area contributed by atoms with E-state index in [1.54, 1.807) is 6.33 Å². The van der Waals surface area contributed by atoms with Crippen molar-refractivity contribution in [2.24, 2.45) is 0 Å². The fraction of sp³-hybridized carbons (Fsp3) is 0.692. The third-order valence-corrected chi connectivity index (χ3v) is 3.02. The average Bonchev–Trinajstić information content (AvgIpc) is 2.90. The minimum atomic E-state index is 0.428. The molecule has 100 valence electrons. The maximum absolute atomic E-state index is 5.58. The van der Waals surface area contributed by atoms with Crippen LogP contribution in [-0.2, 0) is 4.74 Å². The van der Waals surface area contributed by atoms with Crippen molar-refractivity contribution in [3.63, 3.8) is 0 Å². The first-order valence-corrected chi connectivity index (χ1v) is 6.80. The van der Waals surface area contributed by atoms with Crippen LogP contribution in [0.5, 0.6) is 0 Å². The van der Waals surface area contributed by atoms with Crippen LogP contribution in [-0.4, -0.2) is 35.8 Å². The molecular weight excluding hydrogens is 228 g/mol. The molecule has 2 rings (SSSR count). The van der Waals surface area contributed by atoms with Gasteiger partial charge in [-0.1, -0.05) is 6.92 Å². The molecule has 0 aromatic carbocycles. The largest absolute Gasteiger partial charge is 0.378 e. The fourth-order valence-electron chi connectivity index (χ4n) is 2.04. The first kappa shape index (κ1) is 13.1. The van der Waals surface area contributed by atoms with Crippen LogP contribution < -0.4 is 10.6 Å². The number of hydrogen-bond acceptors (Lipinski definition) is 5. The van der Waals surface area contributed by atoms with Gasteiger partial charge in [0.2, 0.25) is 0 Å². The fourth-order valence-corrected chi connectivity index (χ4v) is 2.04. The summed E-state index contributed by atoms with van der Waals surface area (Å²) in [7, 11) is 0. The van der Waals surface area contributed by atoms with Crippen LogP contribution in [0.4, 0.5) is 11.6 Å². The highest BCUT2D eigenvalue weighted by atomic mass is 16.5. The van der Waals surface area contributed by atoms with Crippen molar-refractivity contribution in [2.45, 2.75) is 38.7 Å². The Bertz CT molecular complexity index is 353. The maximum Gasteiger partial charge on any atom is 0.131 e. The van der Waals surface area contributed by atoms with Crippen LogP contribution >= 0.6 is 0 Å². The SMILES string of the molecule is CCCNc1cc(NCCC2CCCO2)ncn1. The molecule has 5 heteroatoms. The molecule has 0 spiro atoms. The molecule has 5 nitrogen and oxygen atoms in total. The summed E-state index contributed by atoms with van der Waals surface area (Å²) in [4.78, 5) is 8.38. The average molecular weight is 250 g/mol. The second-order valence-electron chi connectivity index (χ2n) is 4.57. The number of rotatable bonds is 7. The smallest absolute Gasteiger partial charge is 0.131 e. The molecule has 0 saturated carbocycles. The number of aromatic nitrogens is 2. The Labute approximate surface area is 108 Å². The van der Waals surface area contributed by atoms with Crippen LogP contribution in [0, 0.1) is 0 Å². The predicted octanol–water partition coefficient (Wildman–Crippen LogP) is 2.28. The zero-order valence-corrected chi connectivity index (χ0v) is 11.0. The van der Waals surface area contributed by atoms with Gasteiger partial charge in [-0.05, 0) is 25.7 Å². The number of nitrogens with zero attached hydrogens (tertiary/aromatic N) is 2. The van der Waals surface area contributed by atoms with E-state index in [1.807, 2.05) is 6.07 Å². The van der Waals surface area contributed by atoms with Gasteiger partial charge in [-0.2, -0.15) is 0 Å². The van der Waals surface area contributed by atoms with E-state index in [2.05, 4.69) is 27.5 Å². The molecule has 1 saturated heterocycles. The number of anilines is 2. The molecule has 18 heavy (non-hydrogen) atoms. The standard InChI is InChI=1S/C13H22N4O/c1-2-6-14-12-9-13(17-10-16-12)15-7-5-11-4-3-8-18-11/h9-11H,2-8H2,1H3,(H2,14,15,16,17). The summed E-state index contributed by atoms with van der Waals surface area (Å²) < 4.78 is 5.58. The van der Waals surface area contributed by atoms with E-state index < -0.39 is 0 Å². The maximum atomic E-state index is 5.58. The Hall–Kier alpha value is -1.36. The summed E-state index contributed by atoms with van der Waals surface area (Å²) in [5.41, 5.74) is 0. The molecule has 1 unspecified atom stereocenters. The topological polar surface area (TPSA) is 59.1 Å². The van der Waals surface area contributed by atoms with Crippen molar-refractivity contribution in [2.75, 3.05) is 30.3 Å². The van der Waals surface area contributed by atoms with Crippen LogP contribution in [0.3, 0.4) is 0 Å². The second-order valence-corrected chi connectivity index (χ2v) is 4.57. The number of nitrogens with one attached hydrogen (secondary N) is 2. The molecule has 1 aliphatic rings. The Morgan fingerprint density at radius 1 is 1.28 bits per heavy atom. The van der Waals surface area contributed by atoms with Crippen molar-refractivity contribution in [1.29, 1.82) is 0 Å². The highest BCUT2D eigenvalue weighted by Crippen LogP contribution is 2.15. The van der Waals surface area contributed by atoms with Crippen LogP contribution in [0.1, 0.15) is 32.6 Å². The predicted molar refractivity (Wildman–Crippen MR) is 72.9 cm³/mol. The molecule has 1 aliphatic heterocycles. The summed E-state index contributed by atoms with van der Waals surface area (Å²) in [5, 5.41) is 6.57. The third-order valence-electron chi connectivity index (χ3n) is 3.02. The molecule has 1 aromatic heterocycles. The zero-order chi connectivity index (χ0) is 12.6. The molecule has 1 fully saturated rings. The Morgan fingerprint density at radius 2 is 2.06 bits per heavy atom. The molecular formula is C13H22N4O. The van der Waals surface area contributed by atoms with E-state index in [0.29, 0.717) is 6.10 Å². The van der Waals surface area contributed by atoms with Crippen molar-refractivity contribution < 1.29 is 4.74 Å². The Balaban J connectivity index is 1.74. The molecule has 0 radical (unpaired) electrons. The van der Waals surface area contributed by atoms with Gasteiger partial charge in [0.05, 0.1) is 6.10 Å². The van der Waals surface area contributed by atoms with Gasteiger partial charge in [0.25, 0.3) is 0 Å². The minimum Gasteiger partial charge on any atom is -0.378 e. The molecule has 1 aromatic rings. The second kappa shape index (κ2) is 7.16. The van der Waals surface area contributed by atoms with Crippen molar-refractivity contribution >= 4 is 11.6 Å². The van der Waals surface area contributed by atoms with Crippen molar-refractivity contribution in [3.8, 4) is 0 Å². The van der Waals surface area contributed by atoms with E-state index in [4.69, 9.17) is 4.74 Å². The summed E-state index contributed by atoms with van der Waals surface area (Å²) in [5.74, 6) is 1.76. The lowest BCUT2D eigenvalue weighted by Crippen LogP contribution is -2.13. The highest BCUT2D eigenvalue weighted by Gasteiger charge is 2.14. The van der Waals surface area contributed by atoms with Crippen LogP contribution in [0.2, 0.25) is 0 Å². The van der Waals surface area contributed by atoms with E-state index in [-0.39, 0.29) is 0 Å². The van der Waals surface area contributed by atoms with Gasteiger partial charge < -0.3 is 15.4 Å². The van der Waals surface area contributed by atoms with Crippen LogP contribution in [0.15, 0.2) is 12.4 Å². The molecule has 0 aliphatic carbocycles. The van der Waals surface area contributed by atoms with E-state index in [9.17, 15) is 0 Å². The first-order valence-electron chi connectivity index (χ1n) is 6.80. The molecule has 2 N–H and O–H groups in total. The molecule has 0 bridgehead atoms. The zero-order valence-electron chi connectivity index (χ0n) is 11.0. The Morgan fingerprint density at radius 3 is 2.72 bits per heavy atom. The van der Waals surface area contributed by atoms with E-state index in [0.717, 1.165) is 44.2 Å². The minimum absolute atomic E-state index is 0.428. The van der Waals surface area contributed by atoms with Gasteiger partial charge in [-0.25, -0.2) is 9.97 Å². The van der Waals surface area contributed by atoms with Gasteiger partial charge in [-0.15, -0.1) is 0 Å². The lowest BCUT2D eigenvalue weighted by atomic mass is 10.2. The van der Waals surface area contributed by atoms with Gasteiger partial charge in [0.1, 0.15) is 18.0 Å². The summed E-state index contributed by atoms with van der Waals surface area (Å²) in [6.07, 6.45) is 6.54. The van der Waals surface area contributed by atoms with Gasteiger partial charge >= 0.3 is 0 Å². The molecule has 1 atom stereocenters. The van der Waals surface area contributed by atoms with E-state index >= 15 is 0 Å². The monoisotopic (exact) mass is 250 g/mol. The highest BCUT2D eigenvalue weighted by molar-refractivity contribution is 5.46. The normalized spacial score (nSPS) is 18.8. The van der Waals surface area contributed by atoms with Crippen LogP contribution in [0.25, 0.3) is 0 Å². The molecule has 0 amide bonds. The lowest BCUT2D eigenvalue weighted by Gasteiger charge is -2.11. The van der Waals surface area contributed by atoms with Crippen molar-refractivity contribution in [3.05, 3.63) is 12.4 Å². The van der Waals surface area contributed by atoms with E-state index in [1.165, 1.54) is 12.8 Å². The molecule has 2 heterocycles. The summed E-state index contributed by atoms with van der Waals surface area (Å²) >= 11 is 0. The summed E-state index contributed by atoms with van der Waals surface area (Å²) in [6, 6.07) is 1.95. The number of ether oxygens (including phenoxy) is 1. The lowest BCUT2D eigenvalue weighted by molar-refractivity contribution is 0.107. The van der Waals surface area contributed by atoms with Gasteiger partial charge in [0, 0.05) is 25.8 Å². The summed E-state index contributed by atoms with van der Waals surface area (Å²) in [6.45, 7) is 4.89. The van der Waals surface area contributed by atoms with Crippen molar-refractivity contribution in [1.82, 2.24) is 9.97 Å². The van der Waals surface area contributed by atoms with Gasteiger partial charge in [0.15, 0.2) is 0 Å². The third kappa shape index (κ3) is 4.14. The number of hydrogen-bond donors (Lipinski definition) is 2.